The molecule has 14 aromatic carbocycles. The number of aromatic nitrogens is 5. The average Bonchev–Trinajstić information content (AvgIpc) is 1.61. The van der Waals surface area contributed by atoms with Crippen LogP contribution in [0.1, 0.15) is 118 Å². The van der Waals surface area contributed by atoms with E-state index in [9.17, 15) is 62.6 Å². The highest BCUT2D eigenvalue weighted by atomic mass is 31.2. The Morgan fingerprint density at radius 2 is 0.725 bits per heavy atom. The molecule has 23 rings (SSSR count). The number of aromatic amines is 5. The van der Waals surface area contributed by atoms with Crippen LogP contribution in [0.2, 0.25) is 0 Å². The molecule has 3 aliphatic heterocycles. The summed E-state index contributed by atoms with van der Waals surface area (Å²) in [6.45, 7) is -1.61. The maximum atomic E-state index is 13.1. The molecule has 0 bridgehead atoms. The van der Waals surface area contributed by atoms with Gasteiger partial charge in [0.1, 0.15) is 55.2 Å². The second kappa shape index (κ2) is 44.7. The number of carbonyl (C=O) groups excluding carboxylic acids is 11. The van der Waals surface area contributed by atoms with E-state index in [1.54, 1.807) is 77.0 Å². The molecule has 0 spiro atoms. The van der Waals surface area contributed by atoms with Crippen LogP contribution < -0.4 is 55.5 Å². The molecule has 6 amide bonds. The third kappa shape index (κ3) is 21.6. The predicted molar refractivity (Wildman–Crippen MR) is 566 cm³/mol. The smallest absolute Gasteiger partial charge is 0.339 e. The van der Waals surface area contributed by atoms with Gasteiger partial charge in [0.15, 0.2) is 6.29 Å². The van der Waals surface area contributed by atoms with Crippen molar-refractivity contribution < 1.29 is 105 Å². The van der Waals surface area contributed by atoms with E-state index in [1.165, 1.54) is 19.3 Å². The number of amides is 6. The molecular formula is C118H95N8O22P. The number of ether oxygens (including phenoxy) is 9. The number of carboxylic acid groups (broad SMARTS) is 1. The summed E-state index contributed by atoms with van der Waals surface area (Å²) in [6.07, 6.45) is 4.24. The quantitative estimate of drug-likeness (QED) is 0.00717. The van der Waals surface area contributed by atoms with Crippen molar-refractivity contribution in [2.75, 3.05) is 35.5 Å². The fourth-order valence-electron chi connectivity index (χ4n) is 18.7. The van der Waals surface area contributed by atoms with E-state index in [2.05, 4.69) is 77.3 Å². The summed E-state index contributed by atoms with van der Waals surface area (Å²) in [5.74, 6) is -3.26. The molecule has 5 aromatic heterocycles. The third-order valence-corrected chi connectivity index (χ3v) is 29.6. The van der Waals surface area contributed by atoms with Gasteiger partial charge >= 0.3 is 29.8 Å². The van der Waals surface area contributed by atoms with Crippen LogP contribution in [0.4, 0.5) is 0 Å². The lowest BCUT2D eigenvalue weighted by atomic mass is 9.71. The Hall–Kier alpha value is -19.2. The Bertz CT molecular complexity index is 8390. The number of rotatable bonds is 23. The molecule has 1 fully saturated rings. The minimum atomic E-state index is -2.33. The summed E-state index contributed by atoms with van der Waals surface area (Å²) in [5, 5.41) is 25.0. The van der Waals surface area contributed by atoms with Crippen molar-refractivity contribution >= 4 is 183 Å². The van der Waals surface area contributed by atoms with Gasteiger partial charge in [0.25, 0.3) is 23.6 Å². The minimum Gasteiger partial charge on any atom is -0.497 e. The minimum absolute atomic E-state index is 0.0364. The van der Waals surface area contributed by atoms with Gasteiger partial charge in [-0.2, -0.15) is 0 Å². The second-order valence-electron chi connectivity index (χ2n) is 34.7. The molecule has 19 aromatic rings. The second-order valence-corrected chi connectivity index (χ2v) is 38.0. The third-order valence-electron chi connectivity index (χ3n) is 25.7. The lowest BCUT2D eigenvalue weighted by Gasteiger charge is -2.29. The number of hydrogen-bond donors (Lipinski definition) is 9. The number of fused-ring (bicyclic) bond motifs is 17. The Labute approximate surface area is 850 Å². The fourth-order valence-corrected chi connectivity index (χ4v) is 22.3. The molecule has 4 aliphatic rings. The number of carboxylic acids is 1. The van der Waals surface area contributed by atoms with E-state index >= 15 is 0 Å². The molecule has 149 heavy (non-hydrogen) atoms. The van der Waals surface area contributed by atoms with Crippen LogP contribution in [-0.2, 0) is 75.8 Å². The van der Waals surface area contributed by atoms with Crippen molar-refractivity contribution in [1.29, 1.82) is 0 Å². The summed E-state index contributed by atoms with van der Waals surface area (Å²) in [7, 11) is 7.91. The monoisotopic (exact) mass is 2010 g/mol. The lowest BCUT2D eigenvalue weighted by molar-refractivity contribution is -0.154. The number of imide groups is 3. The number of benzene rings is 14. The van der Waals surface area contributed by atoms with Crippen molar-refractivity contribution in [3.05, 3.63) is 412 Å². The van der Waals surface area contributed by atoms with Crippen molar-refractivity contribution in [2.45, 2.75) is 38.8 Å². The standard InChI is InChI=1S/C27H23O2P.C23H20N2O5.C23H16N2O5.C19H17NO3.C16H10N2O5.C10H9NO2/c28-27(29-21-23-13-5-1-6-14-23)22-30(24-15-7-2-8-16-24,25-17-9-3-10-18-25)26-19-11-4-12-20-26;2*1-29-13-7-8-16-14(9-13)18-17(24-16)10-15(19-20(18)22(27)25-21(19)26)23(28)30-11-12-5-3-2-4-6-12;1-22-17-8-9-18-15(12-17)11-16(20-18)7-10-19(21)23-13-14-5-3-2-4-6-14;1-23-6-2-3-9-7(4-6)11-10(17-9)5-8(16(21)22)12-13(11)15(20)18-14(12)19;1-13-9-2-3-10-7(5-9)4-8(6-12)11-10/h1-20,22H,21H2;2-9,15,19-20,24H,10-11H2,1H3,(H,25,26,27);2-10,24H,11H2,1H3,(H,25,26,27);2-12,20H,13H2,1H3;2-5,17H,1H3,(H,21,22)(H,18,19,20);2-6,11H,1H3/b;;;10-7+;;/t;15-,19+,20-;;;;/m.1..../s1. The van der Waals surface area contributed by atoms with E-state index in [4.69, 9.17) is 42.6 Å². The maximum absolute atomic E-state index is 13.1. The Kier molecular flexibility index (Phi) is 30.0. The largest absolute Gasteiger partial charge is 0.497 e. The van der Waals surface area contributed by atoms with Crippen LogP contribution in [-0.4, -0.2) is 143 Å². The van der Waals surface area contributed by atoms with Crippen LogP contribution in [0.5, 0.6) is 28.7 Å². The van der Waals surface area contributed by atoms with Crippen molar-refractivity contribution in [3.63, 3.8) is 0 Å². The molecule has 0 radical (unpaired) electrons. The van der Waals surface area contributed by atoms with Crippen LogP contribution in [0.15, 0.2) is 334 Å². The average molecular weight is 2010 g/mol. The Morgan fingerprint density at radius 3 is 1.16 bits per heavy atom. The number of nitrogens with one attached hydrogen (secondary N) is 8. The Balaban J connectivity index is 0.000000119. The molecule has 0 saturated carbocycles. The normalized spacial score (nSPS) is 14.0. The number of aldehydes is 1. The number of H-pyrrole nitrogens is 5. The van der Waals surface area contributed by atoms with Crippen LogP contribution >= 0.6 is 6.89 Å². The van der Waals surface area contributed by atoms with Gasteiger partial charge in [-0.15, -0.1) is 0 Å². The molecular weight excluding hydrogens is 1910 g/mol. The number of carbonyl (C=O) groups is 12. The van der Waals surface area contributed by atoms with Gasteiger partial charge in [-0.3, -0.25) is 54.3 Å². The van der Waals surface area contributed by atoms with Crippen LogP contribution in [0.25, 0.3) is 82.4 Å². The van der Waals surface area contributed by atoms with E-state index < -0.39 is 72.1 Å². The first-order valence-corrected chi connectivity index (χ1v) is 48.9. The van der Waals surface area contributed by atoms with E-state index in [0.717, 1.165) is 122 Å². The van der Waals surface area contributed by atoms with Gasteiger partial charge < -0.3 is 72.7 Å². The van der Waals surface area contributed by atoms with Crippen LogP contribution in [0, 0.1) is 11.8 Å². The van der Waals surface area contributed by atoms with Gasteiger partial charge in [0.2, 0.25) is 11.8 Å². The summed E-state index contributed by atoms with van der Waals surface area (Å²) in [6, 6.07) is 103. The van der Waals surface area contributed by atoms with Crippen molar-refractivity contribution in [3.8, 4) is 28.7 Å². The number of aromatic carboxylic acids is 1. The predicted octanol–water partition coefficient (Wildman–Crippen LogP) is 18.4. The zero-order valence-corrected chi connectivity index (χ0v) is 81.6. The summed E-state index contributed by atoms with van der Waals surface area (Å²) >= 11 is 0. The first-order chi connectivity index (χ1) is 72.5. The Morgan fingerprint density at radius 1 is 0.356 bits per heavy atom. The molecule has 9 N–H and O–H groups in total. The number of methoxy groups -OCH3 is 5. The summed E-state index contributed by atoms with van der Waals surface area (Å²) < 4.78 is 47.9. The fraction of sp³-hybridized carbons (Fsp3) is 0.110. The summed E-state index contributed by atoms with van der Waals surface area (Å²) in [5.41, 5.74) is 11.9. The van der Waals surface area contributed by atoms with Crippen LogP contribution in [0.3, 0.4) is 0 Å². The van der Waals surface area contributed by atoms with Gasteiger partial charge in [-0.1, -0.05) is 212 Å². The van der Waals surface area contributed by atoms with E-state index in [1.807, 2.05) is 248 Å². The first-order valence-electron chi connectivity index (χ1n) is 47.0. The van der Waals surface area contributed by atoms with Gasteiger partial charge in [-0.25, -0.2) is 19.2 Å². The molecule has 3 atom stereocenters. The maximum Gasteiger partial charge on any atom is 0.339 e. The molecule has 1 saturated heterocycles. The highest BCUT2D eigenvalue weighted by Crippen LogP contribution is 2.49. The zero-order valence-electron chi connectivity index (χ0n) is 80.7. The van der Waals surface area contributed by atoms with Crippen molar-refractivity contribution in [2.24, 2.45) is 11.8 Å². The molecule has 8 heterocycles. The first kappa shape index (κ1) is 99.9. The highest BCUT2D eigenvalue weighted by Gasteiger charge is 2.54. The number of esters is 4. The lowest BCUT2D eigenvalue weighted by Crippen LogP contribution is -2.38. The topological polar surface area (TPSA) is 423 Å². The molecule has 0 unspecified atom stereocenters. The summed E-state index contributed by atoms with van der Waals surface area (Å²) in [4.78, 5) is 163. The highest BCUT2D eigenvalue weighted by molar-refractivity contribution is 7.95. The molecule has 30 nitrogen and oxygen atoms in total. The molecule has 1 aliphatic carbocycles. The molecule has 744 valence electrons. The molecule has 31 heteroatoms. The van der Waals surface area contributed by atoms with E-state index in [-0.39, 0.29) is 77.7 Å². The number of hydrogen-bond acceptors (Lipinski definition) is 21. The SMILES string of the molecule is COc1ccc2[nH]c(/C=C/C(=O)OCc3ccccc3)cc2c1.COc1ccc2[nH]c(C=O)cc2c1.COc1ccc2[nH]c3c(c2c1)[C@H]1C(=O)NC(=O)[C@H]1[C@H](C(=O)OCc1ccccc1)C3.COc1ccc2[nH]c3cc(C(=O)O)c4c(c3c2c1)C(=O)NC4=O.COc1ccc2[nH]c3cc(C(=O)OCc4ccccc4)c4c(c3c2c1)C(=O)NC4=O.O=C(C=P(c1ccccc1)(c1ccccc1)c1ccccc1)OCc1ccccc1. The van der Waals surface area contributed by atoms with E-state index in [0.29, 0.717) is 56.6 Å². The van der Waals surface area contributed by atoms with Crippen molar-refractivity contribution in [1.82, 2.24) is 40.9 Å². The van der Waals surface area contributed by atoms with Gasteiger partial charge in [-0.05, 0) is 172 Å². The van der Waals surface area contributed by atoms with Gasteiger partial charge in [0, 0.05) is 106 Å². The van der Waals surface area contributed by atoms with Gasteiger partial charge in [0.05, 0.1) is 92.4 Å². The zero-order chi connectivity index (χ0) is 104.